The highest BCUT2D eigenvalue weighted by molar-refractivity contribution is 5.49. The predicted octanol–water partition coefficient (Wildman–Crippen LogP) is 3.24. The van der Waals surface area contributed by atoms with Crippen LogP contribution in [0.25, 0.3) is 0 Å². The first-order valence-corrected chi connectivity index (χ1v) is 11.6. The minimum Gasteiger partial charge on any atom is -0.497 e. The van der Waals surface area contributed by atoms with Crippen LogP contribution in [0.5, 0.6) is 11.5 Å². The molecule has 32 heavy (non-hydrogen) atoms. The third-order valence-electron chi connectivity index (χ3n) is 6.96. The van der Waals surface area contributed by atoms with Gasteiger partial charge in [-0.05, 0) is 69.0 Å². The number of piperidine rings is 2. The summed E-state index contributed by atoms with van der Waals surface area (Å²) in [5, 5.41) is 22.1. The first-order chi connectivity index (χ1) is 15.4. The Labute approximate surface area is 191 Å². The van der Waals surface area contributed by atoms with Crippen molar-refractivity contribution in [1.29, 1.82) is 0 Å². The van der Waals surface area contributed by atoms with Gasteiger partial charge in [0.2, 0.25) is 0 Å². The van der Waals surface area contributed by atoms with Gasteiger partial charge in [-0.2, -0.15) is 0 Å². The van der Waals surface area contributed by atoms with Crippen LogP contribution in [0.1, 0.15) is 31.2 Å². The van der Waals surface area contributed by atoms with Crippen LogP contribution < -0.4 is 14.4 Å². The quantitative estimate of drug-likeness (QED) is 0.689. The van der Waals surface area contributed by atoms with E-state index in [1.54, 1.807) is 7.11 Å². The first kappa shape index (κ1) is 22.9. The smallest absolute Gasteiger partial charge is 0.119 e. The fourth-order valence-corrected chi connectivity index (χ4v) is 4.67. The number of β-amino-alcohol motifs (C(OH)–C–C–N with tert-alkyl or cyclic N) is 1. The summed E-state index contributed by atoms with van der Waals surface area (Å²) in [5.74, 6) is 1.65. The molecule has 2 heterocycles. The fourth-order valence-electron chi connectivity index (χ4n) is 4.67. The van der Waals surface area contributed by atoms with Gasteiger partial charge in [-0.15, -0.1) is 0 Å². The Morgan fingerprint density at radius 1 is 0.781 bits per heavy atom. The van der Waals surface area contributed by atoms with E-state index >= 15 is 0 Å². The maximum absolute atomic E-state index is 11.2. The van der Waals surface area contributed by atoms with Crippen molar-refractivity contribution in [3.8, 4) is 11.5 Å². The molecule has 174 valence electrons. The van der Waals surface area contributed by atoms with E-state index < -0.39 is 11.2 Å². The third kappa shape index (κ3) is 5.74. The van der Waals surface area contributed by atoms with Crippen LogP contribution in [0.4, 0.5) is 5.69 Å². The molecule has 0 spiro atoms. The van der Waals surface area contributed by atoms with Gasteiger partial charge in [0.25, 0.3) is 0 Å². The summed E-state index contributed by atoms with van der Waals surface area (Å²) in [5.41, 5.74) is 0.889. The highest BCUT2D eigenvalue weighted by atomic mass is 16.5. The second-order valence-electron chi connectivity index (χ2n) is 9.51. The standard InChI is InChI=1S/C26H36N2O4/c1-21-3-7-24(8-4-21)32-20-26(30)11-15-27(16-12-26)19-25(29)13-17-28(18-14-25)22-5-9-23(31-2)10-6-22/h3-10,29-30H,11-20H2,1-2H3. The summed E-state index contributed by atoms with van der Waals surface area (Å²) < 4.78 is 11.1. The summed E-state index contributed by atoms with van der Waals surface area (Å²) in [6.07, 6.45) is 2.81. The molecule has 2 N–H and O–H groups in total. The Morgan fingerprint density at radius 3 is 1.94 bits per heavy atom. The number of anilines is 1. The van der Waals surface area contributed by atoms with Crippen LogP contribution in [0.3, 0.4) is 0 Å². The minimum absolute atomic E-state index is 0.311. The van der Waals surface area contributed by atoms with E-state index in [1.165, 1.54) is 11.3 Å². The molecule has 0 aliphatic carbocycles. The molecule has 0 unspecified atom stereocenters. The van der Waals surface area contributed by atoms with Gasteiger partial charge in [-0.3, -0.25) is 0 Å². The lowest BCUT2D eigenvalue weighted by Gasteiger charge is -2.44. The minimum atomic E-state index is -0.804. The molecule has 0 amide bonds. The van der Waals surface area contributed by atoms with Gasteiger partial charge in [0.15, 0.2) is 0 Å². The van der Waals surface area contributed by atoms with Crippen molar-refractivity contribution in [1.82, 2.24) is 4.90 Å². The second-order valence-corrected chi connectivity index (χ2v) is 9.51. The lowest BCUT2D eigenvalue weighted by molar-refractivity contribution is -0.0747. The van der Waals surface area contributed by atoms with Crippen molar-refractivity contribution >= 4 is 5.69 Å². The number of aliphatic hydroxyl groups is 2. The van der Waals surface area contributed by atoms with Gasteiger partial charge >= 0.3 is 0 Å². The molecule has 2 aliphatic rings. The Kier molecular flexibility index (Phi) is 6.93. The third-order valence-corrected chi connectivity index (χ3v) is 6.96. The SMILES string of the molecule is COc1ccc(N2CCC(O)(CN3CCC(O)(COc4ccc(C)cc4)CC3)CC2)cc1. The van der Waals surface area contributed by atoms with Crippen LogP contribution in [0.15, 0.2) is 48.5 Å². The molecule has 2 fully saturated rings. The Hall–Kier alpha value is -2.28. The summed E-state index contributed by atoms with van der Waals surface area (Å²) in [4.78, 5) is 4.62. The Morgan fingerprint density at radius 2 is 1.34 bits per heavy atom. The van der Waals surface area contributed by atoms with Gasteiger partial charge in [0, 0.05) is 38.4 Å². The topological polar surface area (TPSA) is 65.4 Å². The van der Waals surface area contributed by atoms with E-state index in [1.807, 2.05) is 43.3 Å². The van der Waals surface area contributed by atoms with E-state index in [9.17, 15) is 10.2 Å². The van der Waals surface area contributed by atoms with Crippen LogP contribution in [-0.4, -0.2) is 72.8 Å². The van der Waals surface area contributed by atoms with Crippen molar-refractivity contribution in [2.24, 2.45) is 0 Å². The number of aryl methyl sites for hydroxylation is 1. The lowest BCUT2D eigenvalue weighted by Crippen LogP contribution is -2.55. The van der Waals surface area contributed by atoms with Gasteiger partial charge in [0.1, 0.15) is 23.7 Å². The number of hydrogen-bond acceptors (Lipinski definition) is 6. The Bertz CT molecular complexity index is 852. The number of methoxy groups -OCH3 is 1. The lowest BCUT2D eigenvalue weighted by atomic mass is 9.87. The van der Waals surface area contributed by atoms with Gasteiger partial charge in [-0.25, -0.2) is 0 Å². The Balaban J connectivity index is 1.22. The maximum atomic E-state index is 11.2. The molecule has 2 aliphatic heterocycles. The molecule has 2 saturated heterocycles. The highest BCUT2D eigenvalue weighted by Gasteiger charge is 2.38. The van der Waals surface area contributed by atoms with E-state index in [4.69, 9.17) is 9.47 Å². The molecular formula is C26H36N2O4. The average Bonchev–Trinajstić information content (AvgIpc) is 2.81. The molecule has 2 aromatic carbocycles. The molecule has 2 aromatic rings. The van der Waals surface area contributed by atoms with Gasteiger partial charge < -0.3 is 29.5 Å². The van der Waals surface area contributed by atoms with Crippen LogP contribution >= 0.6 is 0 Å². The molecular weight excluding hydrogens is 404 g/mol. The number of nitrogens with zero attached hydrogens (tertiary/aromatic N) is 2. The molecule has 0 saturated carbocycles. The van der Waals surface area contributed by atoms with Gasteiger partial charge in [0.05, 0.1) is 12.7 Å². The van der Waals surface area contributed by atoms with Gasteiger partial charge in [-0.1, -0.05) is 17.7 Å². The van der Waals surface area contributed by atoms with E-state index in [2.05, 4.69) is 21.9 Å². The summed E-state index contributed by atoms with van der Waals surface area (Å²) >= 11 is 0. The largest absolute Gasteiger partial charge is 0.497 e. The normalized spacial score (nSPS) is 20.7. The number of benzene rings is 2. The van der Waals surface area contributed by atoms with Crippen LogP contribution in [0.2, 0.25) is 0 Å². The summed E-state index contributed by atoms with van der Waals surface area (Å²) in [6.45, 7) is 6.25. The van der Waals surface area contributed by atoms with Crippen molar-refractivity contribution in [2.45, 2.75) is 43.8 Å². The zero-order chi connectivity index (χ0) is 22.6. The van der Waals surface area contributed by atoms with E-state index in [-0.39, 0.29) is 0 Å². The number of ether oxygens (including phenoxy) is 2. The number of hydrogen-bond donors (Lipinski definition) is 2. The number of likely N-dealkylation sites (tertiary alicyclic amines) is 1. The molecule has 0 atom stereocenters. The predicted molar refractivity (Wildman–Crippen MR) is 127 cm³/mol. The molecule has 6 nitrogen and oxygen atoms in total. The molecule has 0 radical (unpaired) electrons. The van der Waals surface area contributed by atoms with E-state index in [0.29, 0.717) is 26.0 Å². The number of rotatable bonds is 7. The average molecular weight is 441 g/mol. The fraction of sp³-hybridized carbons (Fsp3) is 0.538. The monoisotopic (exact) mass is 440 g/mol. The van der Waals surface area contributed by atoms with E-state index in [0.717, 1.165) is 50.5 Å². The van der Waals surface area contributed by atoms with Crippen LogP contribution in [-0.2, 0) is 0 Å². The van der Waals surface area contributed by atoms with Crippen molar-refractivity contribution < 1.29 is 19.7 Å². The maximum Gasteiger partial charge on any atom is 0.119 e. The highest BCUT2D eigenvalue weighted by Crippen LogP contribution is 2.30. The summed E-state index contributed by atoms with van der Waals surface area (Å²) in [6, 6.07) is 16.0. The first-order valence-electron chi connectivity index (χ1n) is 11.6. The second kappa shape index (κ2) is 9.69. The molecule has 0 bridgehead atoms. The molecule has 6 heteroatoms. The van der Waals surface area contributed by atoms with Crippen molar-refractivity contribution in [2.75, 3.05) is 51.3 Å². The van der Waals surface area contributed by atoms with Crippen molar-refractivity contribution in [3.63, 3.8) is 0 Å². The molecule has 0 aromatic heterocycles. The zero-order valence-electron chi connectivity index (χ0n) is 19.3. The van der Waals surface area contributed by atoms with Crippen molar-refractivity contribution in [3.05, 3.63) is 54.1 Å². The van der Waals surface area contributed by atoms with Crippen LogP contribution in [0, 0.1) is 6.92 Å². The zero-order valence-corrected chi connectivity index (χ0v) is 19.3. The molecule has 4 rings (SSSR count). The summed E-state index contributed by atoms with van der Waals surface area (Å²) in [7, 11) is 1.68.